The quantitative estimate of drug-likeness (QED) is 0.00658. The van der Waals surface area contributed by atoms with Crippen LogP contribution in [0.3, 0.4) is 0 Å². The molecule has 2 aliphatic rings. The van der Waals surface area contributed by atoms with E-state index < -0.39 is 262 Å². The number of Topliss-reactive ketones (excluding diaryl/α,β-unsaturated/α-hetero) is 1. The van der Waals surface area contributed by atoms with E-state index in [0.717, 1.165) is 27.9 Å². The van der Waals surface area contributed by atoms with Crippen molar-refractivity contribution in [3.8, 4) is 0 Å². The highest BCUT2D eigenvalue weighted by Gasteiger charge is 2.47. The molecular weight excluding hydrogens is 1600 g/mol. The lowest BCUT2D eigenvalue weighted by Gasteiger charge is -2.36. The Morgan fingerprint density at radius 1 is 0.711 bits per heavy atom. The molecule has 15 amide bonds. The average molecular weight is 1720 g/mol. The van der Waals surface area contributed by atoms with Crippen molar-refractivity contribution in [3.63, 3.8) is 0 Å². The normalized spacial score (nSPS) is 20.7. The van der Waals surface area contributed by atoms with Crippen LogP contribution in [0.5, 0.6) is 0 Å². The van der Waals surface area contributed by atoms with Crippen molar-refractivity contribution >= 4 is 128 Å². The van der Waals surface area contributed by atoms with Gasteiger partial charge in [0.05, 0.1) is 18.6 Å². The Kier molecular flexibility index (Phi) is 37.2. The number of aliphatic hydroxyl groups excluding tert-OH is 1. The Bertz CT molecular complexity index is 4390. The number of nitrogens with zero attached hydrogens (tertiary/aromatic N) is 4. The Balaban J connectivity index is 1.56. The van der Waals surface area contributed by atoms with Gasteiger partial charge < -0.3 is 106 Å². The van der Waals surface area contributed by atoms with Crippen molar-refractivity contribution < 1.29 is 104 Å². The molecule has 3 heterocycles. The van der Waals surface area contributed by atoms with Crippen molar-refractivity contribution in [3.05, 3.63) is 71.9 Å². The monoisotopic (exact) mass is 1720 g/mol. The molecule has 41 nitrogen and oxygen atoms in total. The van der Waals surface area contributed by atoms with Crippen LogP contribution in [-0.4, -0.2) is 269 Å². The van der Waals surface area contributed by atoms with Gasteiger partial charge in [0.1, 0.15) is 84.9 Å². The van der Waals surface area contributed by atoms with E-state index in [9.17, 15) is 70.8 Å². The first-order valence-electron chi connectivity index (χ1n) is 39.8. The number of carbonyl (C=O) groups excluding carboxylic acids is 17. The van der Waals surface area contributed by atoms with Crippen LogP contribution in [0.1, 0.15) is 151 Å². The molecule has 668 valence electrons. The SMILES string of the molecule is CCC(NC=O)C(=O)NC(Cc1ccccc1)C(=O)N1CCCC1C(=O)NC(C(=O)CC(C(=O)NC(Cc1c[nH]c2ccccc12)C(=O)NC(CCCN=C(N)N)C(=O)NC(CS(=O)(=O)O)C(=O)NC1C(=O)N(C)C(CCC(N)=O)C(=O)NC(CC(C)C)C(=O)NC(C(C)O)C(=O)NC(CC(N)=O)C(=O)N(C)CC(=O)OC1C)C(C)(C)C)C(C)(C)C. The van der Waals surface area contributed by atoms with E-state index in [1.165, 1.54) is 4.90 Å². The summed E-state index contributed by atoms with van der Waals surface area (Å²) in [6.07, 6.45) is -4.96. The minimum atomic E-state index is -5.43. The highest BCUT2D eigenvalue weighted by molar-refractivity contribution is 7.85. The Labute approximate surface area is 701 Å². The third-order valence-electron chi connectivity index (χ3n) is 20.6. The number of hydrogen-bond acceptors (Lipinski definition) is 22. The van der Waals surface area contributed by atoms with Crippen molar-refractivity contribution in [1.82, 2.24) is 72.9 Å². The molecule has 2 aromatic carbocycles. The highest BCUT2D eigenvalue weighted by atomic mass is 32.2. The van der Waals surface area contributed by atoms with Gasteiger partial charge in [0, 0.05) is 75.9 Å². The van der Waals surface area contributed by atoms with Gasteiger partial charge in [-0.1, -0.05) is 111 Å². The number of cyclic esters (lactones) is 1. The van der Waals surface area contributed by atoms with Crippen LogP contribution in [0, 0.1) is 22.7 Å². The van der Waals surface area contributed by atoms with Crippen LogP contribution in [-0.2, 0) is 109 Å². The predicted octanol–water partition coefficient (Wildman–Crippen LogP) is -3.76. The first-order chi connectivity index (χ1) is 56.5. The number of hydrogen-bond donors (Lipinski definition) is 17. The third kappa shape index (κ3) is 30.5. The predicted molar refractivity (Wildman–Crippen MR) is 439 cm³/mol. The Hall–Kier alpha value is -11.7. The lowest BCUT2D eigenvalue weighted by molar-refractivity contribution is -0.158. The maximum absolute atomic E-state index is 15.4. The minimum Gasteiger partial charge on any atom is -0.459 e. The lowest BCUT2D eigenvalue weighted by Crippen LogP contribution is -2.63. The van der Waals surface area contributed by atoms with Crippen molar-refractivity contribution in [2.45, 2.75) is 238 Å². The summed E-state index contributed by atoms with van der Waals surface area (Å²) in [5.74, 6) is -21.1. The van der Waals surface area contributed by atoms with E-state index in [2.05, 4.69) is 63.1 Å². The topological polar surface area (TPSA) is 636 Å². The second kappa shape index (κ2) is 45.1. The molecule has 0 bridgehead atoms. The smallest absolute Gasteiger partial charge is 0.325 e. The van der Waals surface area contributed by atoms with Crippen LogP contribution in [0.2, 0.25) is 0 Å². The van der Waals surface area contributed by atoms with Gasteiger partial charge in [-0.05, 0) is 92.7 Å². The number of amides is 15. The second-order valence-corrected chi connectivity index (χ2v) is 34.5. The highest BCUT2D eigenvalue weighted by Crippen LogP contribution is 2.33. The number of guanidine groups is 1. The Morgan fingerprint density at radius 3 is 1.90 bits per heavy atom. The van der Waals surface area contributed by atoms with E-state index in [-0.39, 0.29) is 51.6 Å². The molecule has 15 unspecified atom stereocenters. The van der Waals surface area contributed by atoms with Gasteiger partial charge in [-0.3, -0.25) is 91.1 Å². The number of fused-ring (bicyclic) bond motifs is 1. The number of aromatic nitrogens is 1. The van der Waals surface area contributed by atoms with Crippen LogP contribution in [0.15, 0.2) is 65.8 Å². The van der Waals surface area contributed by atoms with Gasteiger partial charge in [-0.2, -0.15) is 8.42 Å². The number of esters is 1. The van der Waals surface area contributed by atoms with Crippen LogP contribution < -0.4 is 76.1 Å². The number of ketones is 1. The molecular formula is C79H119N19O22S. The summed E-state index contributed by atoms with van der Waals surface area (Å²) in [5, 5.41) is 36.2. The number of H-pyrrole nitrogens is 1. The number of carbonyl (C=O) groups is 17. The molecule has 1 aromatic heterocycles. The molecule has 21 N–H and O–H groups in total. The molecule has 42 heteroatoms. The van der Waals surface area contributed by atoms with Crippen LogP contribution in [0.25, 0.3) is 10.9 Å². The molecule has 2 saturated heterocycles. The molecule has 0 spiro atoms. The molecule has 2 fully saturated rings. The molecule has 121 heavy (non-hydrogen) atoms. The fourth-order valence-corrected chi connectivity index (χ4v) is 14.7. The number of likely N-dealkylation sites (N-methyl/N-ethyl adjacent to an activating group) is 2. The van der Waals surface area contributed by atoms with Gasteiger partial charge in [0.25, 0.3) is 10.1 Å². The molecule has 0 aliphatic carbocycles. The summed E-state index contributed by atoms with van der Waals surface area (Å²) in [6.45, 7) is 15.8. The molecule has 2 aliphatic heterocycles. The maximum Gasteiger partial charge on any atom is 0.325 e. The first-order valence-corrected chi connectivity index (χ1v) is 41.4. The number of aliphatic imine (C=N–C) groups is 1. The summed E-state index contributed by atoms with van der Waals surface area (Å²) in [4.78, 5) is 251. The number of primary amides is 2. The zero-order chi connectivity index (χ0) is 90.9. The van der Waals surface area contributed by atoms with Gasteiger partial charge in [0.15, 0.2) is 11.7 Å². The van der Waals surface area contributed by atoms with E-state index in [1.807, 2.05) is 0 Å². The largest absolute Gasteiger partial charge is 0.459 e. The minimum absolute atomic E-state index is 0.0196. The molecule has 0 radical (unpaired) electrons. The fourth-order valence-electron chi connectivity index (χ4n) is 14.1. The number of aromatic amines is 1. The summed E-state index contributed by atoms with van der Waals surface area (Å²) in [7, 11) is -3.44. The summed E-state index contributed by atoms with van der Waals surface area (Å²) < 4.78 is 42.3. The van der Waals surface area contributed by atoms with E-state index >= 15 is 28.8 Å². The number of aliphatic hydroxyl groups is 1. The first kappa shape index (κ1) is 99.9. The van der Waals surface area contributed by atoms with E-state index in [0.29, 0.717) is 44.7 Å². The van der Waals surface area contributed by atoms with Gasteiger partial charge >= 0.3 is 5.97 Å². The number of benzene rings is 2. The lowest BCUT2D eigenvalue weighted by atomic mass is 9.74. The fraction of sp³-hybridized carbons (Fsp3) is 0.595. The number of likely N-dealkylation sites (tertiary alicyclic amines) is 1. The van der Waals surface area contributed by atoms with Crippen molar-refractivity contribution in [2.75, 3.05) is 39.5 Å². The molecule has 0 saturated carbocycles. The summed E-state index contributed by atoms with van der Waals surface area (Å²) in [5.41, 5.74) is 21.8. The summed E-state index contributed by atoms with van der Waals surface area (Å²) >= 11 is 0. The van der Waals surface area contributed by atoms with Gasteiger partial charge in [-0.25, -0.2) is 0 Å². The number of para-hydroxylation sites is 1. The number of nitrogens with one attached hydrogen (secondary N) is 11. The maximum atomic E-state index is 15.4. The van der Waals surface area contributed by atoms with Gasteiger partial charge in [0.2, 0.25) is 89.1 Å². The zero-order valence-electron chi connectivity index (χ0n) is 70.5. The summed E-state index contributed by atoms with van der Waals surface area (Å²) in [6, 6.07) is -4.61. The molecule has 5 rings (SSSR count). The van der Waals surface area contributed by atoms with E-state index in [4.69, 9.17) is 27.7 Å². The Morgan fingerprint density at radius 2 is 1.31 bits per heavy atom. The van der Waals surface area contributed by atoms with Crippen molar-refractivity contribution in [2.24, 2.45) is 50.6 Å². The molecule has 3 aromatic rings. The number of nitrogens with two attached hydrogens (primary N) is 4. The van der Waals surface area contributed by atoms with Crippen LogP contribution in [0.4, 0.5) is 0 Å². The average Bonchev–Trinajstić information content (AvgIpc) is 1.80. The third-order valence-corrected chi connectivity index (χ3v) is 21.3. The second-order valence-electron chi connectivity index (χ2n) is 33.0. The zero-order valence-corrected chi connectivity index (χ0v) is 71.3. The van der Waals surface area contributed by atoms with E-state index in [1.54, 1.807) is 123 Å². The van der Waals surface area contributed by atoms with Gasteiger partial charge in [-0.15, -0.1) is 0 Å². The molecule has 15 atom stereocenters. The number of rotatable bonds is 37. The standard InChI is InChI=1S/C79H119N19O22S/c1-14-48(86-40-99)66(106)90-53(33-44-22-16-15-17-23-44)75(115)98-31-21-27-57(98)72(112)95-64(79(9,10)11)58(101)35-47(78(6,7)8)65(105)88-52(34-45-37-85-49-25-19-18-24-46(45)49)68(108)87-50(26-20-30-84-77(82)83)67(107)92-55(39-121(117,118)119)70(110)94-63-43(5)120-61(104)38-96(12)74(114)54(36-60(81)103)91-73(113)62(42(4)100)93-69(109)51(32-41(2)3)89-71(111)56(28-29-59(80)102)97(13)76(63)116/h15-19,22-25,37,40-43,47-48,50-57,62-64,85,100H,14,20-21,26-36,38-39H2,1-13H3,(H2,80,102)(H2,81,103)(H,86,99)(H,87,108)(H,88,105)(H,89,111)(H,90,106)(H,91,113)(H,92,107)(H,93,109)(H,94,110)(H,95,112)(H4,82,83,84)(H,117,118,119). The van der Waals surface area contributed by atoms with Crippen LogP contribution >= 0.6 is 0 Å². The number of ether oxygens (including phenoxy) is 1. The van der Waals surface area contributed by atoms with Crippen molar-refractivity contribution in [1.29, 1.82) is 0 Å².